The molecule has 13 heteroatoms. The van der Waals surface area contributed by atoms with Crippen LogP contribution in [-0.2, 0) is 22.6 Å². The maximum atomic E-state index is 13.3. The van der Waals surface area contributed by atoms with Crippen molar-refractivity contribution in [3.8, 4) is 5.88 Å². The Balaban J connectivity index is 0.000000553. The third-order valence-electron chi connectivity index (χ3n) is 5.49. The average Bonchev–Trinajstić information content (AvgIpc) is 2.95. The summed E-state index contributed by atoms with van der Waals surface area (Å²) in [5.41, 5.74) is -0.592. The molecule has 0 radical (unpaired) electrons. The Morgan fingerprint density at radius 1 is 1.17 bits per heavy atom. The van der Waals surface area contributed by atoms with Gasteiger partial charge in [0.15, 0.2) is 0 Å². The van der Waals surface area contributed by atoms with Gasteiger partial charge in [0, 0.05) is 23.3 Å². The van der Waals surface area contributed by atoms with E-state index < -0.39 is 29.1 Å². The molecular weight excluding hydrogens is 560 g/mol. The lowest BCUT2D eigenvalue weighted by Gasteiger charge is -2.17. The number of carbonyl (C=O) groups is 1. The number of esters is 1. The number of anilines is 1. The van der Waals surface area contributed by atoms with Gasteiger partial charge < -0.3 is 14.8 Å². The fourth-order valence-corrected chi connectivity index (χ4v) is 3.43. The molecule has 0 spiro atoms. The zero-order valence-corrected chi connectivity index (χ0v) is 23.5. The van der Waals surface area contributed by atoms with Crippen LogP contribution in [0, 0.1) is 11.7 Å². The van der Waals surface area contributed by atoms with E-state index in [1.165, 1.54) is 37.0 Å². The van der Waals surface area contributed by atoms with E-state index in [1.54, 1.807) is 31.2 Å². The molecule has 1 atom stereocenters. The molecule has 0 saturated heterocycles. The van der Waals surface area contributed by atoms with Gasteiger partial charge in [-0.1, -0.05) is 43.8 Å². The van der Waals surface area contributed by atoms with E-state index in [2.05, 4.69) is 33.2 Å². The summed E-state index contributed by atoms with van der Waals surface area (Å²) >= 11 is 5.93. The molecule has 3 aromatic rings. The molecular formula is C28H30ClF2N5O5. The van der Waals surface area contributed by atoms with Gasteiger partial charge >= 0.3 is 17.3 Å². The number of aromatic nitrogens is 4. The summed E-state index contributed by atoms with van der Waals surface area (Å²) in [5.74, 6) is -1.73. The van der Waals surface area contributed by atoms with Gasteiger partial charge in [0.2, 0.25) is 11.8 Å². The fraction of sp³-hybridized carbons (Fsp3) is 0.250. The van der Waals surface area contributed by atoms with Crippen LogP contribution in [0.1, 0.15) is 18.9 Å². The van der Waals surface area contributed by atoms with Crippen LogP contribution in [0.5, 0.6) is 5.88 Å². The van der Waals surface area contributed by atoms with E-state index in [-0.39, 0.29) is 37.0 Å². The van der Waals surface area contributed by atoms with Crippen molar-refractivity contribution >= 4 is 23.5 Å². The minimum atomic E-state index is -0.815. The molecule has 0 aliphatic rings. The van der Waals surface area contributed by atoms with Gasteiger partial charge in [-0.25, -0.2) is 27.9 Å². The molecule has 2 heterocycles. The maximum absolute atomic E-state index is 13.3. The van der Waals surface area contributed by atoms with Crippen LogP contribution in [0.2, 0.25) is 5.02 Å². The van der Waals surface area contributed by atoms with Crippen molar-refractivity contribution in [1.29, 1.82) is 0 Å². The van der Waals surface area contributed by atoms with E-state index >= 15 is 0 Å². The van der Waals surface area contributed by atoms with E-state index in [0.29, 0.717) is 16.5 Å². The number of hydrogen-bond acceptors (Lipinski definition) is 8. The van der Waals surface area contributed by atoms with Crippen LogP contribution >= 0.6 is 11.6 Å². The molecule has 2 aromatic heterocycles. The van der Waals surface area contributed by atoms with Gasteiger partial charge in [-0.3, -0.25) is 9.36 Å². The minimum Gasteiger partial charge on any atom is -0.481 e. The number of carbonyl (C=O) groups excluding carboxylic acids is 1. The smallest absolute Gasteiger partial charge is 0.354 e. The minimum absolute atomic E-state index is 0.0345. The van der Waals surface area contributed by atoms with Crippen LogP contribution in [0.3, 0.4) is 0 Å². The van der Waals surface area contributed by atoms with Gasteiger partial charge in [0.25, 0.3) is 0 Å². The summed E-state index contributed by atoms with van der Waals surface area (Å²) in [6, 6.07) is 9.54. The van der Waals surface area contributed by atoms with E-state index in [0.717, 1.165) is 16.8 Å². The molecule has 0 unspecified atom stereocenters. The number of pyridine rings is 1. The number of rotatable bonds is 11. The highest BCUT2D eigenvalue weighted by atomic mass is 35.5. The highest BCUT2D eigenvalue weighted by Crippen LogP contribution is 2.13. The first-order chi connectivity index (χ1) is 19.5. The molecule has 10 nitrogen and oxygen atoms in total. The third-order valence-corrected chi connectivity index (χ3v) is 5.74. The Morgan fingerprint density at radius 2 is 1.85 bits per heavy atom. The van der Waals surface area contributed by atoms with Gasteiger partial charge in [-0.05, 0) is 42.3 Å². The van der Waals surface area contributed by atoms with Crippen molar-refractivity contribution in [1.82, 2.24) is 19.1 Å². The molecule has 0 saturated carbocycles. The van der Waals surface area contributed by atoms with Crippen LogP contribution in [-0.4, -0.2) is 39.3 Å². The maximum Gasteiger partial charge on any atom is 0.354 e. The summed E-state index contributed by atoms with van der Waals surface area (Å²) in [7, 11) is 2.75. The quantitative estimate of drug-likeness (QED) is 0.257. The van der Waals surface area contributed by atoms with Gasteiger partial charge in [0.05, 0.1) is 32.9 Å². The first-order valence-electron chi connectivity index (χ1n) is 12.1. The lowest BCUT2D eigenvalue weighted by Crippen LogP contribution is -2.43. The van der Waals surface area contributed by atoms with Crippen LogP contribution in [0.15, 0.2) is 89.0 Å². The molecule has 0 fully saturated rings. The topological polar surface area (TPSA) is 117 Å². The molecule has 1 N–H and O–H groups in total. The Labute approximate surface area is 240 Å². The number of halogens is 3. The Kier molecular flexibility index (Phi) is 12.6. The lowest BCUT2D eigenvalue weighted by atomic mass is 10.1. The van der Waals surface area contributed by atoms with Crippen LogP contribution < -0.4 is 21.4 Å². The molecule has 0 bridgehead atoms. The third kappa shape index (κ3) is 10.2. The van der Waals surface area contributed by atoms with Gasteiger partial charge in [-0.2, -0.15) is 4.98 Å². The van der Waals surface area contributed by atoms with E-state index in [4.69, 9.17) is 16.3 Å². The lowest BCUT2D eigenvalue weighted by molar-refractivity contribution is -0.145. The van der Waals surface area contributed by atoms with Crippen molar-refractivity contribution in [2.45, 2.75) is 26.4 Å². The van der Waals surface area contributed by atoms with E-state index in [9.17, 15) is 23.2 Å². The molecule has 3 rings (SSSR count). The average molecular weight is 590 g/mol. The number of allylic oxidation sites excluding steroid dienone is 3. The summed E-state index contributed by atoms with van der Waals surface area (Å²) in [5, 5.41) is 3.27. The number of benzene rings is 1. The first-order valence-corrected chi connectivity index (χ1v) is 12.5. The Hall–Kier alpha value is -4.58. The molecule has 0 aliphatic carbocycles. The van der Waals surface area contributed by atoms with Crippen molar-refractivity contribution in [2.75, 3.05) is 19.5 Å². The molecule has 41 heavy (non-hydrogen) atoms. The van der Waals surface area contributed by atoms with Crippen LogP contribution in [0.25, 0.3) is 0 Å². The summed E-state index contributed by atoms with van der Waals surface area (Å²) in [4.78, 5) is 45.0. The number of nitrogens with one attached hydrogen (secondary N) is 1. The zero-order valence-electron chi connectivity index (χ0n) is 22.8. The number of hydrogen-bond donors (Lipinski definition) is 1. The second kappa shape index (κ2) is 15.9. The van der Waals surface area contributed by atoms with Crippen LogP contribution in [0.4, 0.5) is 14.7 Å². The Morgan fingerprint density at radius 3 is 2.39 bits per heavy atom. The highest BCUT2D eigenvalue weighted by Gasteiger charge is 2.18. The number of ether oxygens (including phenoxy) is 2. The largest absolute Gasteiger partial charge is 0.481 e. The Bertz CT molecular complexity index is 1500. The molecule has 218 valence electrons. The molecule has 1 aromatic carbocycles. The first kappa shape index (κ1) is 32.6. The predicted molar refractivity (Wildman–Crippen MR) is 152 cm³/mol. The predicted octanol–water partition coefficient (Wildman–Crippen LogP) is 4.50. The summed E-state index contributed by atoms with van der Waals surface area (Å²) in [6.07, 6.45) is 3.66. The molecule has 0 aliphatic heterocycles. The van der Waals surface area contributed by atoms with Crippen molar-refractivity contribution in [3.63, 3.8) is 0 Å². The number of nitrogens with zero attached hydrogens (tertiary/aromatic N) is 4. The standard InChI is InChI=1S/C22H24ClFN4O4.C6H6FNO/c1-5-18(12-15(3)24)25-20-26-21(30)27(11-10-14(2)19(29)32-4)22(31)28(20)13-16-6-8-17(23)9-7-16;1-9-6-3-2-5(7)4-8-6/h5-9,12,14H,1,3,10-11,13H2,2,4H3,(H,25,26,30);2-4H,1H3/b18-12+;/t14-;/m0./s1. The number of methoxy groups -OCH3 is 2. The van der Waals surface area contributed by atoms with Crippen molar-refractivity contribution in [2.24, 2.45) is 5.92 Å². The van der Waals surface area contributed by atoms with Crippen molar-refractivity contribution < 1.29 is 23.0 Å². The van der Waals surface area contributed by atoms with Gasteiger partial charge in [-0.15, -0.1) is 0 Å². The molecule has 0 amide bonds. The zero-order chi connectivity index (χ0) is 30.5. The fourth-order valence-electron chi connectivity index (χ4n) is 3.30. The van der Waals surface area contributed by atoms with E-state index in [1.807, 2.05) is 0 Å². The summed E-state index contributed by atoms with van der Waals surface area (Å²) < 4.78 is 36.9. The van der Waals surface area contributed by atoms with Gasteiger partial charge in [0.1, 0.15) is 11.6 Å². The second-order valence-corrected chi connectivity index (χ2v) is 8.91. The highest BCUT2D eigenvalue weighted by molar-refractivity contribution is 6.30. The second-order valence-electron chi connectivity index (χ2n) is 8.47. The van der Waals surface area contributed by atoms with Crippen molar-refractivity contribution in [3.05, 3.63) is 117 Å². The SMILES string of the molecule is C=C/C(=C\C(=C)F)Nc1nc(=O)n(CC[C@H](C)C(=O)OC)c(=O)n1Cc1ccc(Cl)cc1.COc1ccc(F)cn1. The normalized spacial score (nSPS) is 11.5. The summed E-state index contributed by atoms with van der Waals surface area (Å²) in [6.45, 7) is 8.39. The monoisotopic (exact) mass is 589 g/mol.